The first-order chi connectivity index (χ1) is 11.3. The van der Waals surface area contributed by atoms with Gasteiger partial charge in [0.1, 0.15) is 0 Å². The molecular formula is C18H20N2O3S. The standard InChI is InChI=1S/C18H20N2O3S/c1-12-4-8-17(13(2)10-12)24(22,23)19-15-6-7-16-14(11-15)5-9-18(21)20(16)3/h4,6-8,10-11,19H,5,9H2,1-3H3. The molecule has 1 aliphatic rings. The molecule has 0 aliphatic carbocycles. The zero-order valence-corrected chi connectivity index (χ0v) is 14.8. The van der Waals surface area contributed by atoms with Crippen molar-refractivity contribution in [2.24, 2.45) is 0 Å². The minimum absolute atomic E-state index is 0.0751. The molecule has 0 unspecified atom stereocenters. The summed E-state index contributed by atoms with van der Waals surface area (Å²) in [5, 5.41) is 0. The van der Waals surface area contributed by atoms with Gasteiger partial charge in [0, 0.05) is 24.8 Å². The Bertz CT molecular complexity index is 920. The molecule has 0 bridgehead atoms. The third-order valence-electron chi connectivity index (χ3n) is 4.30. The number of anilines is 2. The third-order valence-corrected chi connectivity index (χ3v) is 5.84. The van der Waals surface area contributed by atoms with E-state index < -0.39 is 10.0 Å². The molecule has 3 rings (SSSR count). The number of rotatable bonds is 3. The molecule has 1 N–H and O–H groups in total. The highest BCUT2D eigenvalue weighted by molar-refractivity contribution is 7.92. The zero-order chi connectivity index (χ0) is 17.5. The lowest BCUT2D eigenvalue weighted by Crippen LogP contribution is -2.31. The summed E-state index contributed by atoms with van der Waals surface area (Å²) in [5.74, 6) is 0.0751. The molecular weight excluding hydrogens is 324 g/mol. The fourth-order valence-electron chi connectivity index (χ4n) is 3.03. The van der Waals surface area contributed by atoms with Crippen LogP contribution in [-0.4, -0.2) is 21.4 Å². The molecule has 0 radical (unpaired) electrons. The normalized spacial score (nSPS) is 14.5. The fraction of sp³-hybridized carbons (Fsp3) is 0.278. The number of nitrogens with zero attached hydrogens (tertiary/aromatic N) is 1. The number of amides is 1. The molecule has 0 saturated heterocycles. The van der Waals surface area contributed by atoms with Gasteiger partial charge in [-0.1, -0.05) is 17.7 Å². The average Bonchev–Trinajstić information content (AvgIpc) is 2.50. The molecule has 0 saturated carbocycles. The molecule has 0 atom stereocenters. The highest BCUT2D eigenvalue weighted by Crippen LogP contribution is 2.30. The quantitative estimate of drug-likeness (QED) is 0.931. The molecule has 2 aromatic carbocycles. The van der Waals surface area contributed by atoms with E-state index in [1.807, 2.05) is 13.0 Å². The minimum Gasteiger partial charge on any atom is -0.315 e. The number of carbonyl (C=O) groups excluding carboxylic acids is 1. The Morgan fingerprint density at radius 3 is 2.50 bits per heavy atom. The van der Waals surface area contributed by atoms with E-state index in [0.717, 1.165) is 16.8 Å². The lowest BCUT2D eigenvalue weighted by Gasteiger charge is -2.26. The number of sulfonamides is 1. The van der Waals surface area contributed by atoms with Gasteiger partial charge in [-0.25, -0.2) is 8.42 Å². The highest BCUT2D eigenvalue weighted by atomic mass is 32.2. The second-order valence-electron chi connectivity index (χ2n) is 6.17. The monoisotopic (exact) mass is 344 g/mol. The summed E-state index contributed by atoms with van der Waals surface area (Å²) in [7, 11) is -1.91. The maximum Gasteiger partial charge on any atom is 0.262 e. The summed E-state index contributed by atoms with van der Waals surface area (Å²) < 4.78 is 27.9. The maximum absolute atomic E-state index is 12.6. The number of nitrogens with one attached hydrogen (secondary N) is 1. The van der Waals surface area contributed by atoms with Gasteiger partial charge in [-0.2, -0.15) is 0 Å². The topological polar surface area (TPSA) is 66.5 Å². The number of carbonyl (C=O) groups is 1. The summed E-state index contributed by atoms with van der Waals surface area (Å²) in [6, 6.07) is 10.5. The van der Waals surface area contributed by atoms with E-state index in [4.69, 9.17) is 0 Å². The smallest absolute Gasteiger partial charge is 0.262 e. The van der Waals surface area contributed by atoms with Crippen molar-refractivity contribution in [2.75, 3.05) is 16.7 Å². The first-order valence-electron chi connectivity index (χ1n) is 7.77. The maximum atomic E-state index is 12.6. The van der Waals surface area contributed by atoms with Gasteiger partial charge in [0.15, 0.2) is 0 Å². The van der Waals surface area contributed by atoms with Crippen molar-refractivity contribution in [3.63, 3.8) is 0 Å². The molecule has 0 spiro atoms. The summed E-state index contributed by atoms with van der Waals surface area (Å²) >= 11 is 0. The predicted octanol–water partition coefficient (Wildman–Crippen LogP) is 3.01. The SMILES string of the molecule is Cc1ccc(S(=O)(=O)Nc2ccc3c(c2)CCC(=O)N3C)c(C)c1. The van der Waals surface area contributed by atoms with Crippen molar-refractivity contribution in [3.05, 3.63) is 53.1 Å². The van der Waals surface area contributed by atoms with E-state index in [1.54, 1.807) is 49.2 Å². The Kier molecular flexibility index (Phi) is 4.09. The van der Waals surface area contributed by atoms with Gasteiger partial charge in [0.2, 0.25) is 5.91 Å². The second-order valence-corrected chi connectivity index (χ2v) is 7.82. The zero-order valence-electron chi connectivity index (χ0n) is 14.0. The highest BCUT2D eigenvalue weighted by Gasteiger charge is 2.22. The molecule has 0 fully saturated rings. The molecule has 1 heterocycles. The number of fused-ring (bicyclic) bond motifs is 1. The molecule has 0 aromatic heterocycles. The van der Waals surface area contributed by atoms with Gasteiger partial charge < -0.3 is 4.90 Å². The number of hydrogen-bond donors (Lipinski definition) is 1. The summed E-state index contributed by atoms with van der Waals surface area (Å²) in [6.45, 7) is 3.72. The second kappa shape index (κ2) is 5.94. The van der Waals surface area contributed by atoms with Crippen LogP contribution in [0.15, 0.2) is 41.3 Å². The van der Waals surface area contributed by atoms with E-state index in [2.05, 4.69) is 4.72 Å². The first-order valence-corrected chi connectivity index (χ1v) is 9.26. The van der Waals surface area contributed by atoms with E-state index in [0.29, 0.717) is 24.1 Å². The van der Waals surface area contributed by atoms with Crippen LogP contribution >= 0.6 is 0 Å². The van der Waals surface area contributed by atoms with Gasteiger partial charge in [-0.15, -0.1) is 0 Å². The van der Waals surface area contributed by atoms with E-state index in [9.17, 15) is 13.2 Å². The van der Waals surface area contributed by atoms with Crippen LogP contribution in [0, 0.1) is 13.8 Å². The lowest BCUT2D eigenvalue weighted by atomic mass is 10.0. The minimum atomic E-state index is -3.64. The van der Waals surface area contributed by atoms with Crippen LogP contribution in [0.1, 0.15) is 23.1 Å². The third kappa shape index (κ3) is 3.01. The molecule has 1 amide bonds. The van der Waals surface area contributed by atoms with Crippen LogP contribution < -0.4 is 9.62 Å². The van der Waals surface area contributed by atoms with Gasteiger partial charge in [0.05, 0.1) is 4.90 Å². The molecule has 1 aliphatic heterocycles. The summed E-state index contributed by atoms with van der Waals surface area (Å²) in [6.07, 6.45) is 1.06. The van der Waals surface area contributed by atoms with Gasteiger partial charge >= 0.3 is 0 Å². The van der Waals surface area contributed by atoms with Gasteiger partial charge in [0.25, 0.3) is 10.0 Å². The van der Waals surface area contributed by atoms with Crippen LogP contribution in [0.3, 0.4) is 0 Å². The van der Waals surface area contributed by atoms with Crippen molar-refractivity contribution in [3.8, 4) is 0 Å². The largest absolute Gasteiger partial charge is 0.315 e. The van der Waals surface area contributed by atoms with Crippen LogP contribution in [0.4, 0.5) is 11.4 Å². The van der Waals surface area contributed by atoms with Crippen LogP contribution in [0.2, 0.25) is 0 Å². The average molecular weight is 344 g/mol. The molecule has 2 aromatic rings. The van der Waals surface area contributed by atoms with Crippen LogP contribution in [-0.2, 0) is 21.2 Å². The molecule has 24 heavy (non-hydrogen) atoms. The fourth-order valence-corrected chi connectivity index (χ4v) is 4.31. The van der Waals surface area contributed by atoms with E-state index in [1.165, 1.54) is 0 Å². The number of benzene rings is 2. The predicted molar refractivity (Wildman–Crippen MR) is 94.9 cm³/mol. The lowest BCUT2D eigenvalue weighted by molar-refractivity contribution is -0.118. The van der Waals surface area contributed by atoms with E-state index in [-0.39, 0.29) is 10.8 Å². The molecule has 126 valence electrons. The van der Waals surface area contributed by atoms with Crippen LogP contribution in [0.25, 0.3) is 0 Å². The van der Waals surface area contributed by atoms with Crippen molar-refractivity contribution >= 4 is 27.3 Å². The Hall–Kier alpha value is -2.34. The first kappa shape index (κ1) is 16.5. The summed E-state index contributed by atoms with van der Waals surface area (Å²) in [4.78, 5) is 13.6. The van der Waals surface area contributed by atoms with Crippen molar-refractivity contribution in [2.45, 2.75) is 31.6 Å². The Morgan fingerprint density at radius 2 is 1.79 bits per heavy atom. The van der Waals surface area contributed by atoms with Crippen molar-refractivity contribution in [1.29, 1.82) is 0 Å². The molecule has 5 nitrogen and oxygen atoms in total. The Morgan fingerprint density at radius 1 is 1.04 bits per heavy atom. The Labute approximate surface area is 142 Å². The molecule has 6 heteroatoms. The van der Waals surface area contributed by atoms with Gasteiger partial charge in [-0.3, -0.25) is 9.52 Å². The van der Waals surface area contributed by atoms with Crippen molar-refractivity contribution < 1.29 is 13.2 Å². The number of aryl methyl sites for hydroxylation is 3. The van der Waals surface area contributed by atoms with E-state index >= 15 is 0 Å². The van der Waals surface area contributed by atoms with Crippen LogP contribution in [0.5, 0.6) is 0 Å². The number of hydrogen-bond acceptors (Lipinski definition) is 3. The Balaban J connectivity index is 1.92. The van der Waals surface area contributed by atoms with Crippen molar-refractivity contribution in [1.82, 2.24) is 0 Å². The summed E-state index contributed by atoms with van der Waals surface area (Å²) in [5.41, 5.74) is 4.05. The van der Waals surface area contributed by atoms with Gasteiger partial charge in [-0.05, 0) is 55.7 Å².